The zero-order valence-electron chi connectivity index (χ0n) is 12.5. The van der Waals surface area contributed by atoms with Crippen LogP contribution in [0, 0.1) is 5.92 Å². The van der Waals surface area contributed by atoms with Crippen LogP contribution in [0.25, 0.3) is 0 Å². The lowest BCUT2D eigenvalue weighted by Gasteiger charge is -2.13. The van der Waals surface area contributed by atoms with E-state index in [2.05, 4.69) is 31.7 Å². The molecule has 0 amide bonds. The molecule has 0 fully saturated rings. The molecule has 1 aliphatic rings. The van der Waals surface area contributed by atoms with Crippen LogP contribution in [0.1, 0.15) is 25.8 Å². The predicted octanol–water partition coefficient (Wildman–Crippen LogP) is 4.31. The summed E-state index contributed by atoms with van der Waals surface area (Å²) in [6.07, 6.45) is 6.56. The van der Waals surface area contributed by atoms with Crippen LogP contribution >= 0.6 is 0 Å². The summed E-state index contributed by atoms with van der Waals surface area (Å²) in [5.74, 6) is -0.0824. The third-order valence-corrected chi connectivity index (χ3v) is 3.25. The van der Waals surface area contributed by atoms with E-state index in [-0.39, 0.29) is 11.5 Å². The van der Waals surface area contributed by atoms with Gasteiger partial charge in [0.05, 0.1) is 0 Å². The molecule has 1 N–H and O–H groups in total. The SMILES string of the molecule is CC(C)CC1=CC(=O)C(O)=CC1=C=CCc1ccccc1. The van der Waals surface area contributed by atoms with Gasteiger partial charge in [-0.15, -0.1) is 5.73 Å². The Morgan fingerprint density at radius 1 is 1.19 bits per heavy atom. The van der Waals surface area contributed by atoms with E-state index in [0.29, 0.717) is 5.92 Å². The third kappa shape index (κ3) is 4.34. The molecule has 0 saturated heterocycles. The molecule has 0 radical (unpaired) electrons. The first kappa shape index (κ1) is 15.1. The molecule has 0 aromatic heterocycles. The van der Waals surface area contributed by atoms with E-state index in [0.717, 1.165) is 24.0 Å². The van der Waals surface area contributed by atoms with Gasteiger partial charge in [0.25, 0.3) is 0 Å². The molecule has 0 saturated carbocycles. The molecule has 2 nitrogen and oxygen atoms in total. The van der Waals surface area contributed by atoms with Crippen LogP contribution in [0.2, 0.25) is 0 Å². The summed E-state index contributed by atoms with van der Waals surface area (Å²) >= 11 is 0. The highest BCUT2D eigenvalue weighted by Crippen LogP contribution is 2.24. The number of ketones is 1. The summed E-state index contributed by atoms with van der Waals surface area (Å²) < 4.78 is 0. The maximum absolute atomic E-state index is 11.6. The maximum atomic E-state index is 11.6. The van der Waals surface area contributed by atoms with Gasteiger partial charge in [-0.1, -0.05) is 44.2 Å². The van der Waals surface area contributed by atoms with Crippen LogP contribution in [0.3, 0.4) is 0 Å². The van der Waals surface area contributed by atoms with Crippen LogP contribution < -0.4 is 0 Å². The number of carbonyl (C=O) groups excluding carboxylic acids is 1. The second kappa shape index (κ2) is 6.92. The minimum absolute atomic E-state index is 0.210. The smallest absolute Gasteiger partial charge is 0.220 e. The zero-order chi connectivity index (χ0) is 15.2. The largest absolute Gasteiger partial charge is 0.504 e. The summed E-state index contributed by atoms with van der Waals surface area (Å²) in [5.41, 5.74) is 6.16. The fourth-order valence-electron chi connectivity index (χ4n) is 2.25. The van der Waals surface area contributed by atoms with Crippen molar-refractivity contribution in [2.24, 2.45) is 5.92 Å². The van der Waals surface area contributed by atoms with Gasteiger partial charge in [0.2, 0.25) is 5.78 Å². The molecule has 0 bridgehead atoms. The molecule has 0 heterocycles. The molecule has 1 aliphatic carbocycles. The first-order valence-corrected chi connectivity index (χ1v) is 7.21. The number of benzene rings is 1. The van der Waals surface area contributed by atoms with Crippen LogP contribution in [-0.4, -0.2) is 10.9 Å². The number of aliphatic hydroxyl groups excluding tert-OH is 1. The monoisotopic (exact) mass is 280 g/mol. The number of hydrogen-bond donors (Lipinski definition) is 1. The van der Waals surface area contributed by atoms with Crippen molar-refractivity contribution in [1.82, 2.24) is 0 Å². The van der Waals surface area contributed by atoms with Crippen molar-refractivity contribution in [2.75, 3.05) is 0 Å². The van der Waals surface area contributed by atoms with E-state index in [1.165, 1.54) is 17.7 Å². The highest BCUT2D eigenvalue weighted by molar-refractivity contribution is 6.05. The Morgan fingerprint density at radius 3 is 2.57 bits per heavy atom. The van der Waals surface area contributed by atoms with E-state index >= 15 is 0 Å². The van der Waals surface area contributed by atoms with Gasteiger partial charge < -0.3 is 5.11 Å². The Kier molecular flexibility index (Phi) is 4.97. The van der Waals surface area contributed by atoms with Crippen molar-refractivity contribution in [3.8, 4) is 0 Å². The number of hydrogen-bond acceptors (Lipinski definition) is 2. The van der Waals surface area contributed by atoms with Crippen molar-refractivity contribution in [3.05, 3.63) is 76.8 Å². The van der Waals surface area contributed by atoms with Crippen LogP contribution in [-0.2, 0) is 11.2 Å². The lowest BCUT2D eigenvalue weighted by molar-refractivity contribution is -0.113. The topological polar surface area (TPSA) is 37.3 Å². The van der Waals surface area contributed by atoms with Crippen LogP contribution in [0.4, 0.5) is 0 Å². The Hall–Kier alpha value is -2.31. The average molecular weight is 280 g/mol. The predicted molar refractivity (Wildman–Crippen MR) is 85.0 cm³/mol. The Bertz CT molecular complexity index is 639. The van der Waals surface area contributed by atoms with E-state index in [1.807, 2.05) is 24.3 Å². The van der Waals surface area contributed by atoms with E-state index in [9.17, 15) is 9.90 Å². The van der Waals surface area contributed by atoms with Gasteiger partial charge in [0, 0.05) is 5.57 Å². The zero-order valence-corrected chi connectivity index (χ0v) is 12.5. The molecule has 108 valence electrons. The number of allylic oxidation sites excluding steroid dienone is 4. The molecule has 0 atom stereocenters. The second-order valence-corrected chi connectivity index (χ2v) is 5.61. The van der Waals surface area contributed by atoms with Crippen molar-refractivity contribution < 1.29 is 9.90 Å². The summed E-state index contributed by atoms with van der Waals surface area (Å²) in [5, 5.41) is 9.61. The Balaban J connectivity index is 2.23. The van der Waals surface area contributed by atoms with Crippen LogP contribution in [0.15, 0.2) is 71.2 Å². The number of aliphatic hydroxyl groups is 1. The molecule has 1 aromatic carbocycles. The molecule has 21 heavy (non-hydrogen) atoms. The molecule has 0 spiro atoms. The van der Waals surface area contributed by atoms with E-state index in [4.69, 9.17) is 0 Å². The molecule has 0 unspecified atom stereocenters. The summed E-state index contributed by atoms with van der Waals surface area (Å²) in [7, 11) is 0. The van der Waals surface area contributed by atoms with Gasteiger partial charge in [-0.3, -0.25) is 4.79 Å². The summed E-state index contributed by atoms with van der Waals surface area (Å²) in [4.78, 5) is 11.6. The molecular formula is C19H20O2. The molecule has 1 aromatic rings. The standard InChI is InChI=1S/C19H20O2/c1-14(2)11-17-13-19(21)18(20)12-16(17)10-6-9-15-7-4-3-5-8-15/h3-8,12-14,20H,9,11H2,1-2H3. The van der Waals surface area contributed by atoms with Gasteiger partial charge in [-0.2, -0.15) is 0 Å². The van der Waals surface area contributed by atoms with Gasteiger partial charge in [0.1, 0.15) is 0 Å². The van der Waals surface area contributed by atoms with Gasteiger partial charge in [-0.05, 0) is 48.1 Å². The number of rotatable bonds is 4. The molecule has 2 rings (SSSR count). The number of carbonyl (C=O) groups is 1. The summed E-state index contributed by atoms with van der Waals surface area (Å²) in [6.45, 7) is 4.21. The normalized spacial score (nSPS) is 14.6. The van der Waals surface area contributed by atoms with Crippen molar-refractivity contribution in [2.45, 2.75) is 26.7 Å². The third-order valence-electron chi connectivity index (χ3n) is 3.25. The van der Waals surface area contributed by atoms with E-state index < -0.39 is 0 Å². The lowest BCUT2D eigenvalue weighted by atomic mass is 9.91. The first-order chi connectivity index (χ1) is 10.1. The highest BCUT2D eigenvalue weighted by Gasteiger charge is 2.17. The van der Waals surface area contributed by atoms with E-state index in [1.54, 1.807) is 0 Å². The highest BCUT2D eigenvalue weighted by atomic mass is 16.3. The van der Waals surface area contributed by atoms with Crippen LogP contribution in [0.5, 0.6) is 0 Å². The second-order valence-electron chi connectivity index (χ2n) is 5.61. The minimum Gasteiger partial charge on any atom is -0.504 e. The minimum atomic E-state index is -0.320. The fraction of sp³-hybridized carbons (Fsp3) is 0.263. The molecule has 0 aliphatic heterocycles. The lowest BCUT2D eigenvalue weighted by Crippen LogP contribution is -2.08. The molecule has 2 heteroatoms. The van der Waals surface area contributed by atoms with Crippen molar-refractivity contribution >= 4 is 5.78 Å². The Labute approximate surface area is 125 Å². The fourth-order valence-corrected chi connectivity index (χ4v) is 2.25. The van der Waals surface area contributed by atoms with Gasteiger partial charge >= 0.3 is 0 Å². The Morgan fingerprint density at radius 2 is 1.90 bits per heavy atom. The molecular weight excluding hydrogens is 260 g/mol. The maximum Gasteiger partial charge on any atom is 0.220 e. The van der Waals surface area contributed by atoms with Crippen molar-refractivity contribution in [3.63, 3.8) is 0 Å². The van der Waals surface area contributed by atoms with Gasteiger partial charge in [-0.25, -0.2) is 0 Å². The average Bonchev–Trinajstić information content (AvgIpc) is 2.44. The van der Waals surface area contributed by atoms with Gasteiger partial charge in [0.15, 0.2) is 5.76 Å². The quantitative estimate of drug-likeness (QED) is 0.834. The first-order valence-electron chi connectivity index (χ1n) is 7.21. The van der Waals surface area contributed by atoms with Crippen molar-refractivity contribution in [1.29, 1.82) is 0 Å². The summed E-state index contributed by atoms with van der Waals surface area (Å²) in [6, 6.07) is 10.1.